The van der Waals surface area contributed by atoms with Crippen LogP contribution in [0.1, 0.15) is 27.7 Å². The molecular weight excluding hydrogens is 214 g/mol. The van der Waals surface area contributed by atoms with Crippen molar-refractivity contribution >= 4 is 18.3 Å². The highest BCUT2D eigenvalue weighted by Crippen LogP contribution is 2.06. The molecule has 0 spiro atoms. The third kappa shape index (κ3) is 6.80. The van der Waals surface area contributed by atoms with Crippen molar-refractivity contribution in [2.75, 3.05) is 6.61 Å². The van der Waals surface area contributed by atoms with Crippen molar-refractivity contribution in [1.82, 2.24) is 5.32 Å². The smallest absolute Gasteiger partial charge is 0.408 e. The Balaban J connectivity index is 4.04. The average molecular weight is 231 g/mol. The number of ether oxygens (including phenoxy) is 2. The minimum absolute atomic E-state index is 0.320. The number of alkyl carbamates (subject to hydrolysis) is 1. The van der Waals surface area contributed by atoms with Gasteiger partial charge in [0.15, 0.2) is 6.29 Å². The second-order valence-corrected chi connectivity index (χ2v) is 4.16. The Morgan fingerprint density at radius 2 is 1.94 bits per heavy atom. The highest BCUT2D eigenvalue weighted by Gasteiger charge is 2.21. The molecule has 6 nitrogen and oxygen atoms in total. The van der Waals surface area contributed by atoms with Crippen LogP contribution in [0.25, 0.3) is 0 Å². The van der Waals surface area contributed by atoms with E-state index < -0.39 is 23.7 Å². The van der Waals surface area contributed by atoms with Crippen LogP contribution in [0.5, 0.6) is 0 Å². The maximum Gasteiger partial charge on any atom is 0.408 e. The molecule has 0 aromatic carbocycles. The molecule has 0 fully saturated rings. The zero-order chi connectivity index (χ0) is 12.8. The number of hydrogen-bond donors (Lipinski definition) is 1. The fourth-order valence-corrected chi connectivity index (χ4v) is 0.784. The van der Waals surface area contributed by atoms with Crippen LogP contribution in [-0.4, -0.2) is 36.6 Å². The summed E-state index contributed by atoms with van der Waals surface area (Å²) in [5, 5.41) is 2.29. The first-order valence-electron chi connectivity index (χ1n) is 4.86. The second kappa shape index (κ2) is 6.09. The van der Waals surface area contributed by atoms with Gasteiger partial charge in [0, 0.05) is 0 Å². The van der Waals surface area contributed by atoms with E-state index in [-0.39, 0.29) is 6.61 Å². The molecular formula is C10H17NO5. The van der Waals surface area contributed by atoms with Gasteiger partial charge >= 0.3 is 12.1 Å². The Hall–Kier alpha value is -1.59. The molecule has 0 aliphatic heterocycles. The van der Waals surface area contributed by atoms with Gasteiger partial charge < -0.3 is 14.8 Å². The summed E-state index contributed by atoms with van der Waals surface area (Å²) in [4.78, 5) is 32.3. The van der Waals surface area contributed by atoms with Gasteiger partial charge in [0.2, 0.25) is 0 Å². The molecule has 0 saturated heterocycles. The number of esters is 1. The normalized spacial score (nSPS) is 12.5. The molecule has 6 heteroatoms. The van der Waals surface area contributed by atoms with Crippen molar-refractivity contribution in [3.63, 3.8) is 0 Å². The van der Waals surface area contributed by atoms with Crippen molar-refractivity contribution in [3.05, 3.63) is 0 Å². The van der Waals surface area contributed by atoms with E-state index in [2.05, 4.69) is 10.1 Å². The number of carbonyl (C=O) groups is 3. The molecule has 0 heterocycles. The number of nitrogens with one attached hydrogen (secondary N) is 1. The topological polar surface area (TPSA) is 81.7 Å². The third-order valence-electron chi connectivity index (χ3n) is 1.38. The highest BCUT2D eigenvalue weighted by molar-refractivity contribution is 5.81. The molecule has 1 amide bonds. The van der Waals surface area contributed by atoms with Crippen molar-refractivity contribution in [2.45, 2.75) is 39.3 Å². The SMILES string of the molecule is C[C@H](NC(=O)OC(C)(C)C)C(=O)OCC=O. The summed E-state index contributed by atoms with van der Waals surface area (Å²) in [6.07, 6.45) is -0.249. The molecule has 1 atom stereocenters. The lowest BCUT2D eigenvalue weighted by Crippen LogP contribution is -2.42. The maximum absolute atomic E-state index is 11.2. The molecule has 16 heavy (non-hydrogen) atoms. The van der Waals surface area contributed by atoms with Gasteiger partial charge in [-0.05, 0) is 27.7 Å². The van der Waals surface area contributed by atoms with E-state index in [4.69, 9.17) is 4.74 Å². The highest BCUT2D eigenvalue weighted by atomic mass is 16.6. The van der Waals surface area contributed by atoms with Crippen LogP contribution in [0.4, 0.5) is 4.79 Å². The van der Waals surface area contributed by atoms with Gasteiger partial charge in [0.25, 0.3) is 0 Å². The van der Waals surface area contributed by atoms with Gasteiger partial charge in [-0.15, -0.1) is 0 Å². The predicted molar refractivity (Wildman–Crippen MR) is 55.9 cm³/mol. The van der Waals surface area contributed by atoms with Gasteiger partial charge in [-0.3, -0.25) is 4.79 Å². The number of hydrogen-bond acceptors (Lipinski definition) is 5. The molecule has 0 aliphatic rings. The molecule has 0 aromatic heterocycles. The lowest BCUT2D eigenvalue weighted by Gasteiger charge is -2.21. The van der Waals surface area contributed by atoms with Crippen molar-refractivity contribution in [3.8, 4) is 0 Å². The molecule has 0 aromatic rings. The van der Waals surface area contributed by atoms with E-state index in [1.54, 1.807) is 20.8 Å². The van der Waals surface area contributed by atoms with Crippen molar-refractivity contribution in [1.29, 1.82) is 0 Å². The standard InChI is InChI=1S/C10H17NO5/c1-7(8(13)15-6-5-12)11-9(14)16-10(2,3)4/h5,7H,6H2,1-4H3,(H,11,14)/t7-/m0/s1. The van der Waals surface area contributed by atoms with E-state index in [1.807, 2.05) is 0 Å². The average Bonchev–Trinajstić information content (AvgIpc) is 2.10. The van der Waals surface area contributed by atoms with Gasteiger partial charge in [-0.25, -0.2) is 9.59 Å². The summed E-state index contributed by atoms with van der Waals surface area (Å²) in [6.45, 7) is 6.25. The van der Waals surface area contributed by atoms with Gasteiger partial charge in [-0.2, -0.15) is 0 Å². The summed E-state index contributed by atoms with van der Waals surface area (Å²) < 4.78 is 9.44. The van der Waals surface area contributed by atoms with E-state index in [1.165, 1.54) is 6.92 Å². The van der Waals surface area contributed by atoms with Gasteiger partial charge in [0.1, 0.15) is 18.2 Å². The fraction of sp³-hybridized carbons (Fsp3) is 0.700. The molecule has 0 saturated carbocycles. The van der Waals surface area contributed by atoms with Gasteiger partial charge in [0.05, 0.1) is 0 Å². The molecule has 0 aliphatic carbocycles. The Morgan fingerprint density at radius 3 is 2.38 bits per heavy atom. The monoisotopic (exact) mass is 231 g/mol. The van der Waals surface area contributed by atoms with E-state index in [0.717, 1.165) is 0 Å². The zero-order valence-corrected chi connectivity index (χ0v) is 9.90. The molecule has 0 bridgehead atoms. The zero-order valence-electron chi connectivity index (χ0n) is 9.90. The van der Waals surface area contributed by atoms with E-state index in [9.17, 15) is 14.4 Å². The first-order valence-corrected chi connectivity index (χ1v) is 4.86. The Bertz CT molecular complexity index is 269. The minimum atomic E-state index is -0.852. The summed E-state index contributed by atoms with van der Waals surface area (Å²) >= 11 is 0. The van der Waals surface area contributed by atoms with Crippen LogP contribution >= 0.6 is 0 Å². The lowest BCUT2D eigenvalue weighted by atomic mass is 10.2. The molecule has 1 N–H and O–H groups in total. The summed E-state index contributed by atoms with van der Waals surface area (Å²) in [5.41, 5.74) is -0.628. The van der Waals surface area contributed by atoms with Crippen LogP contribution in [0.2, 0.25) is 0 Å². The first-order chi connectivity index (χ1) is 7.26. The maximum atomic E-state index is 11.2. The quantitative estimate of drug-likeness (QED) is 0.567. The largest absolute Gasteiger partial charge is 0.456 e. The third-order valence-corrected chi connectivity index (χ3v) is 1.38. The fourth-order valence-electron chi connectivity index (χ4n) is 0.784. The van der Waals surface area contributed by atoms with Crippen molar-refractivity contribution in [2.24, 2.45) is 0 Å². The molecule has 92 valence electrons. The number of amides is 1. The van der Waals surface area contributed by atoms with E-state index >= 15 is 0 Å². The molecule has 0 rings (SSSR count). The Morgan fingerprint density at radius 1 is 1.38 bits per heavy atom. The minimum Gasteiger partial charge on any atom is -0.456 e. The van der Waals surface area contributed by atoms with Crippen LogP contribution in [-0.2, 0) is 19.1 Å². The predicted octanol–water partition coefficient (Wildman–Crippen LogP) is 0.642. The van der Waals surface area contributed by atoms with E-state index in [0.29, 0.717) is 6.29 Å². The van der Waals surface area contributed by atoms with Gasteiger partial charge in [-0.1, -0.05) is 0 Å². The van der Waals surface area contributed by atoms with Crippen LogP contribution < -0.4 is 5.32 Å². The summed E-state index contributed by atoms with van der Waals surface area (Å²) in [5.74, 6) is -0.682. The second-order valence-electron chi connectivity index (χ2n) is 4.16. The Kier molecular flexibility index (Phi) is 5.49. The Labute approximate surface area is 94.3 Å². The van der Waals surface area contributed by atoms with Crippen LogP contribution in [0.15, 0.2) is 0 Å². The number of rotatable bonds is 4. The number of carbonyl (C=O) groups excluding carboxylic acids is 3. The van der Waals surface area contributed by atoms with Crippen molar-refractivity contribution < 1.29 is 23.9 Å². The lowest BCUT2D eigenvalue weighted by molar-refractivity contribution is -0.147. The van der Waals surface area contributed by atoms with Crippen LogP contribution in [0, 0.1) is 0 Å². The number of aldehydes is 1. The van der Waals surface area contributed by atoms with Crippen LogP contribution in [0.3, 0.4) is 0 Å². The summed E-state index contributed by atoms with van der Waals surface area (Å²) in [7, 11) is 0. The first kappa shape index (κ1) is 14.4. The summed E-state index contributed by atoms with van der Waals surface area (Å²) in [6, 6.07) is -0.852. The molecule has 0 radical (unpaired) electrons. The molecule has 0 unspecified atom stereocenters.